The summed E-state index contributed by atoms with van der Waals surface area (Å²) in [7, 11) is 0. The SMILES string of the molecule is C[C@H]1C[C@@H](C(=O)NCc2cccc3c2OCO3)CCN1. The highest BCUT2D eigenvalue weighted by Gasteiger charge is 2.25. The molecule has 5 heteroatoms. The Balaban J connectivity index is 1.59. The maximum Gasteiger partial charge on any atom is 0.231 e. The highest BCUT2D eigenvalue weighted by Crippen LogP contribution is 2.35. The lowest BCUT2D eigenvalue weighted by Crippen LogP contribution is -2.42. The number of hydrogen-bond acceptors (Lipinski definition) is 4. The zero-order chi connectivity index (χ0) is 13.9. The second-order valence-electron chi connectivity index (χ2n) is 5.45. The first kappa shape index (κ1) is 13.2. The first-order valence-corrected chi connectivity index (χ1v) is 7.12. The smallest absolute Gasteiger partial charge is 0.231 e. The van der Waals surface area contributed by atoms with Crippen molar-refractivity contribution < 1.29 is 14.3 Å². The second-order valence-corrected chi connectivity index (χ2v) is 5.45. The lowest BCUT2D eigenvalue weighted by Gasteiger charge is -2.27. The molecular formula is C15H20N2O3. The van der Waals surface area contributed by atoms with Crippen molar-refractivity contribution in [1.82, 2.24) is 10.6 Å². The van der Waals surface area contributed by atoms with Crippen LogP contribution < -0.4 is 20.1 Å². The lowest BCUT2D eigenvalue weighted by molar-refractivity contribution is -0.126. The molecule has 2 atom stereocenters. The van der Waals surface area contributed by atoms with Crippen LogP contribution in [0.5, 0.6) is 11.5 Å². The molecule has 2 aliphatic heterocycles. The van der Waals surface area contributed by atoms with Crippen LogP contribution in [0.4, 0.5) is 0 Å². The van der Waals surface area contributed by atoms with E-state index in [1.54, 1.807) is 0 Å². The van der Waals surface area contributed by atoms with Crippen LogP contribution in [0.15, 0.2) is 18.2 Å². The molecule has 0 saturated carbocycles. The quantitative estimate of drug-likeness (QED) is 0.876. The number of carbonyl (C=O) groups excluding carboxylic acids is 1. The van der Waals surface area contributed by atoms with Crippen LogP contribution >= 0.6 is 0 Å². The van der Waals surface area contributed by atoms with Gasteiger partial charge in [0.2, 0.25) is 12.7 Å². The third-order valence-electron chi connectivity index (χ3n) is 3.93. The van der Waals surface area contributed by atoms with Gasteiger partial charge >= 0.3 is 0 Å². The summed E-state index contributed by atoms with van der Waals surface area (Å²) < 4.78 is 10.8. The summed E-state index contributed by atoms with van der Waals surface area (Å²) in [4.78, 5) is 12.2. The summed E-state index contributed by atoms with van der Waals surface area (Å²) in [5, 5.41) is 6.37. The van der Waals surface area contributed by atoms with Crippen LogP contribution in [0, 0.1) is 5.92 Å². The number of fused-ring (bicyclic) bond motifs is 1. The Bertz CT molecular complexity index is 504. The Labute approximate surface area is 118 Å². The van der Waals surface area contributed by atoms with Gasteiger partial charge in [0, 0.05) is 24.1 Å². The van der Waals surface area contributed by atoms with Crippen LogP contribution in [-0.4, -0.2) is 25.3 Å². The number of ether oxygens (including phenoxy) is 2. The Hall–Kier alpha value is -1.75. The number of carbonyl (C=O) groups is 1. The Morgan fingerprint density at radius 3 is 3.20 bits per heavy atom. The van der Waals surface area contributed by atoms with Crippen LogP contribution in [0.3, 0.4) is 0 Å². The van der Waals surface area contributed by atoms with E-state index in [9.17, 15) is 4.79 Å². The summed E-state index contributed by atoms with van der Waals surface area (Å²) >= 11 is 0. The zero-order valence-corrected chi connectivity index (χ0v) is 11.6. The maximum atomic E-state index is 12.2. The van der Waals surface area contributed by atoms with Crippen molar-refractivity contribution in [2.75, 3.05) is 13.3 Å². The van der Waals surface area contributed by atoms with Gasteiger partial charge in [0.05, 0.1) is 0 Å². The van der Waals surface area contributed by atoms with E-state index in [1.807, 2.05) is 18.2 Å². The van der Waals surface area contributed by atoms with E-state index in [0.29, 0.717) is 12.6 Å². The molecule has 0 aliphatic carbocycles. The predicted octanol–water partition coefficient (Wildman–Crippen LogP) is 1.42. The molecule has 2 N–H and O–H groups in total. The fourth-order valence-corrected chi connectivity index (χ4v) is 2.83. The number of para-hydroxylation sites is 1. The molecule has 0 bridgehead atoms. The van der Waals surface area contributed by atoms with E-state index in [-0.39, 0.29) is 18.6 Å². The van der Waals surface area contributed by atoms with Crippen molar-refractivity contribution in [1.29, 1.82) is 0 Å². The largest absolute Gasteiger partial charge is 0.454 e. The van der Waals surface area contributed by atoms with E-state index < -0.39 is 0 Å². The number of piperidine rings is 1. The summed E-state index contributed by atoms with van der Waals surface area (Å²) in [6.07, 6.45) is 1.81. The highest BCUT2D eigenvalue weighted by molar-refractivity contribution is 5.78. The van der Waals surface area contributed by atoms with E-state index >= 15 is 0 Å². The van der Waals surface area contributed by atoms with Crippen molar-refractivity contribution in [3.05, 3.63) is 23.8 Å². The van der Waals surface area contributed by atoms with Gasteiger partial charge in [-0.15, -0.1) is 0 Å². The Morgan fingerprint density at radius 1 is 1.45 bits per heavy atom. The topological polar surface area (TPSA) is 59.6 Å². The number of rotatable bonds is 3. The Morgan fingerprint density at radius 2 is 2.35 bits per heavy atom. The van der Waals surface area contributed by atoms with Crippen LogP contribution in [0.2, 0.25) is 0 Å². The maximum absolute atomic E-state index is 12.2. The van der Waals surface area contributed by atoms with Crippen LogP contribution in [-0.2, 0) is 11.3 Å². The highest BCUT2D eigenvalue weighted by atomic mass is 16.7. The van der Waals surface area contributed by atoms with Gasteiger partial charge in [-0.3, -0.25) is 4.79 Å². The molecule has 0 aromatic heterocycles. The number of amides is 1. The van der Waals surface area contributed by atoms with Gasteiger partial charge in [-0.25, -0.2) is 0 Å². The van der Waals surface area contributed by atoms with Crippen molar-refractivity contribution in [2.45, 2.75) is 32.4 Å². The molecule has 1 aromatic rings. The van der Waals surface area contributed by atoms with E-state index in [1.165, 1.54) is 0 Å². The van der Waals surface area contributed by atoms with Gasteiger partial charge in [0.15, 0.2) is 11.5 Å². The van der Waals surface area contributed by atoms with E-state index in [0.717, 1.165) is 36.4 Å². The molecule has 0 spiro atoms. The molecule has 1 amide bonds. The first-order chi connectivity index (χ1) is 9.74. The van der Waals surface area contributed by atoms with Crippen molar-refractivity contribution in [3.8, 4) is 11.5 Å². The summed E-state index contributed by atoms with van der Waals surface area (Å²) in [6.45, 7) is 3.78. The van der Waals surface area contributed by atoms with E-state index in [2.05, 4.69) is 17.6 Å². The van der Waals surface area contributed by atoms with Gasteiger partial charge in [-0.1, -0.05) is 12.1 Å². The molecular weight excluding hydrogens is 256 g/mol. The van der Waals surface area contributed by atoms with Gasteiger partial charge in [0.1, 0.15) is 0 Å². The monoisotopic (exact) mass is 276 g/mol. The van der Waals surface area contributed by atoms with Gasteiger partial charge in [-0.05, 0) is 32.4 Å². The molecule has 1 aromatic carbocycles. The minimum atomic E-state index is 0.111. The average molecular weight is 276 g/mol. The standard InChI is InChI=1S/C15H20N2O3/c1-10-7-11(5-6-16-10)15(18)17-8-12-3-2-4-13-14(12)20-9-19-13/h2-4,10-11,16H,5-9H2,1H3,(H,17,18)/t10-,11-/m0/s1. The minimum Gasteiger partial charge on any atom is -0.454 e. The van der Waals surface area contributed by atoms with Gasteiger partial charge < -0.3 is 20.1 Å². The normalized spacial score (nSPS) is 24.4. The van der Waals surface area contributed by atoms with Crippen molar-refractivity contribution >= 4 is 5.91 Å². The van der Waals surface area contributed by atoms with Gasteiger partial charge in [0.25, 0.3) is 0 Å². The third kappa shape index (κ3) is 2.72. The van der Waals surface area contributed by atoms with E-state index in [4.69, 9.17) is 9.47 Å². The fraction of sp³-hybridized carbons (Fsp3) is 0.533. The van der Waals surface area contributed by atoms with Crippen LogP contribution in [0.1, 0.15) is 25.3 Å². The molecule has 2 heterocycles. The summed E-state index contributed by atoms with van der Waals surface area (Å²) in [6, 6.07) is 6.17. The van der Waals surface area contributed by atoms with Crippen LogP contribution in [0.25, 0.3) is 0 Å². The average Bonchev–Trinajstić information content (AvgIpc) is 2.93. The second kappa shape index (κ2) is 5.71. The molecule has 0 radical (unpaired) electrons. The fourth-order valence-electron chi connectivity index (χ4n) is 2.83. The molecule has 2 aliphatic rings. The summed E-state index contributed by atoms with van der Waals surface area (Å²) in [5.74, 6) is 1.76. The first-order valence-electron chi connectivity index (χ1n) is 7.12. The van der Waals surface area contributed by atoms with Crippen molar-refractivity contribution in [2.24, 2.45) is 5.92 Å². The Kier molecular flexibility index (Phi) is 3.78. The number of hydrogen-bond donors (Lipinski definition) is 2. The molecule has 20 heavy (non-hydrogen) atoms. The third-order valence-corrected chi connectivity index (χ3v) is 3.93. The predicted molar refractivity (Wildman–Crippen MR) is 74.6 cm³/mol. The summed E-state index contributed by atoms with van der Waals surface area (Å²) in [5.41, 5.74) is 0.968. The number of benzene rings is 1. The lowest BCUT2D eigenvalue weighted by atomic mass is 9.92. The molecule has 3 rings (SSSR count). The van der Waals surface area contributed by atoms with Gasteiger partial charge in [-0.2, -0.15) is 0 Å². The molecule has 1 saturated heterocycles. The zero-order valence-electron chi connectivity index (χ0n) is 11.6. The molecule has 108 valence electrons. The molecule has 0 unspecified atom stereocenters. The molecule has 1 fully saturated rings. The molecule has 5 nitrogen and oxygen atoms in total. The van der Waals surface area contributed by atoms with Crippen molar-refractivity contribution in [3.63, 3.8) is 0 Å². The minimum absolute atomic E-state index is 0.111. The number of nitrogens with one attached hydrogen (secondary N) is 2.